The van der Waals surface area contributed by atoms with Crippen molar-refractivity contribution in [1.29, 1.82) is 0 Å². The minimum Gasteiger partial charge on any atom is -0.478 e. The number of aromatic nitrogens is 1. The number of amides is 2. The number of rotatable bonds is 4. The van der Waals surface area contributed by atoms with E-state index in [9.17, 15) is 14.7 Å². The van der Waals surface area contributed by atoms with E-state index in [1.54, 1.807) is 11.1 Å². The minimum atomic E-state index is -1.03. The zero-order valence-electron chi connectivity index (χ0n) is 22.5. The molecule has 0 bridgehead atoms. The lowest BCUT2D eigenvalue weighted by Gasteiger charge is -2.45. The molecule has 2 atom stereocenters. The molecule has 1 aromatic heterocycles. The van der Waals surface area contributed by atoms with Gasteiger partial charge in [-0.25, -0.2) is 9.59 Å². The van der Waals surface area contributed by atoms with Crippen molar-refractivity contribution in [2.75, 3.05) is 45.9 Å². The predicted octanol–water partition coefficient (Wildman–Crippen LogP) is 4.38. The third-order valence-corrected chi connectivity index (χ3v) is 8.42. The van der Waals surface area contributed by atoms with Crippen molar-refractivity contribution in [3.05, 3.63) is 41.7 Å². The minimum absolute atomic E-state index is 0.0911. The summed E-state index contributed by atoms with van der Waals surface area (Å²) in [5.41, 5.74) is 2.13. The van der Waals surface area contributed by atoms with Crippen LogP contribution in [0.3, 0.4) is 0 Å². The van der Waals surface area contributed by atoms with Gasteiger partial charge in [0.15, 0.2) is 0 Å². The number of H-pyrrole nitrogens is 1. The molecule has 3 aliphatic heterocycles. The molecule has 2 amide bonds. The normalized spacial score (nSPS) is 24.6. The van der Waals surface area contributed by atoms with Gasteiger partial charge in [-0.2, -0.15) is 0 Å². The summed E-state index contributed by atoms with van der Waals surface area (Å²) in [6, 6.07) is 7.66. The van der Waals surface area contributed by atoms with E-state index in [0.717, 1.165) is 62.2 Å². The Morgan fingerprint density at radius 1 is 1.16 bits per heavy atom. The van der Waals surface area contributed by atoms with Crippen molar-refractivity contribution in [1.82, 2.24) is 19.7 Å². The first-order valence-electron chi connectivity index (χ1n) is 13.6. The van der Waals surface area contributed by atoms with Crippen LogP contribution >= 0.6 is 0 Å². The van der Waals surface area contributed by atoms with Gasteiger partial charge < -0.3 is 19.7 Å². The third-order valence-electron chi connectivity index (χ3n) is 8.42. The number of hydrogen-bond donors (Lipinski definition) is 2. The summed E-state index contributed by atoms with van der Waals surface area (Å²) in [6.07, 6.45) is 3.67. The maximum Gasteiger partial charge on any atom is 0.339 e. The number of aromatic amines is 1. The summed E-state index contributed by atoms with van der Waals surface area (Å²) in [6.45, 7) is 14.3. The molecule has 8 heteroatoms. The molecule has 2 aromatic rings. The van der Waals surface area contributed by atoms with E-state index >= 15 is 0 Å². The van der Waals surface area contributed by atoms with Crippen molar-refractivity contribution >= 4 is 28.5 Å². The molecule has 3 aliphatic rings. The van der Waals surface area contributed by atoms with Gasteiger partial charge in [0.1, 0.15) is 0 Å². The number of nitrogens with one attached hydrogen (secondary N) is 1. The zero-order chi connectivity index (χ0) is 26.3. The SMILES string of the molecule is CC(C)C1N(C(=O)N2CCCC(CN3CCOCC3)C2)C=C(C(=O)O)c2[nH]c3ccccc3c2C1(C)C. The van der Waals surface area contributed by atoms with Crippen LogP contribution in [0.15, 0.2) is 30.5 Å². The van der Waals surface area contributed by atoms with Gasteiger partial charge in [0.25, 0.3) is 0 Å². The maximum atomic E-state index is 14.2. The Morgan fingerprint density at radius 2 is 1.89 bits per heavy atom. The Hall–Kier alpha value is -2.84. The van der Waals surface area contributed by atoms with Crippen LogP contribution in [0.4, 0.5) is 4.79 Å². The van der Waals surface area contributed by atoms with Gasteiger partial charge in [0, 0.05) is 61.3 Å². The number of carbonyl (C=O) groups is 2. The molecule has 2 N–H and O–H groups in total. The third kappa shape index (κ3) is 4.77. The van der Waals surface area contributed by atoms with Crippen molar-refractivity contribution in [3.8, 4) is 0 Å². The monoisotopic (exact) mass is 508 g/mol. The lowest BCUT2D eigenvalue weighted by Crippen LogP contribution is -2.56. The van der Waals surface area contributed by atoms with Crippen LogP contribution in [0, 0.1) is 11.8 Å². The quantitative estimate of drug-likeness (QED) is 0.640. The lowest BCUT2D eigenvalue weighted by molar-refractivity contribution is -0.130. The summed E-state index contributed by atoms with van der Waals surface area (Å²) in [5, 5.41) is 11.3. The number of carbonyl (C=O) groups excluding carboxylic acids is 1. The van der Waals surface area contributed by atoms with Gasteiger partial charge in [-0.3, -0.25) is 9.80 Å². The number of carboxylic acid groups (broad SMARTS) is 1. The molecule has 5 rings (SSSR count). The molecule has 8 nitrogen and oxygen atoms in total. The average molecular weight is 509 g/mol. The number of urea groups is 1. The standard InChI is InChI=1S/C29H40N4O4/c1-19(2)26-29(3,4)24-21-9-5-6-10-23(21)30-25(24)22(27(34)35)18-33(26)28(36)32-11-7-8-20(17-32)16-31-12-14-37-15-13-31/h5-6,9-10,18-20,26,30H,7-8,11-17H2,1-4H3,(H,34,35). The molecule has 200 valence electrons. The van der Waals surface area contributed by atoms with Crippen molar-refractivity contribution in [2.45, 2.75) is 52.0 Å². The number of aliphatic carboxylic acids is 1. The smallest absolute Gasteiger partial charge is 0.339 e. The molecule has 0 saturated carbocycles. The van der Waals surface area contributed by atoms with Gasteiger partial charge in [0.2, 0.25) is 0 Å². The summed E-state index contributed by atoms with van der Waals surface area (Å²) in [5.74, 6) is -0.513. The molecule has 0 radical (unpaired) electrons. The number of carboxylic acids is 1. The van der Waals surface area contributed by atoms with E-state index in [1.165, 1.54) is 0 Å². The number of fused-ring (bicyclic) bond motifs is 3. The molecule has 0 aliphatic carbocycles. The lowest BCUT2D eigenvalue weighted by atomic mass is 9.72. The van der Waals surface area contributed by atoms with Gasteiger partial charge in [-0.15, -0.1) is 0 Å². The number of nitrogens with zero attached hydrogens (tertiary/aromatic N) is 3. The number of ether oxygens (including phenoxy) is 1. The Kier molecular flexibility index (Phi) is 7.07. The number of piperidine rings is 1. The number of benzene rings is 1. The first kappa shape index (κ1) is 25.8. The highest BCUT2D eigenvalue weighted by Crippen LogP contribution is 2.45. The van der Waals surface area contributed by atoms with Gasteiger partial charge in [0.05, 0.1) is 24.5 Å². The molecule has 37 heavy (non-hydrogen) atoms. The van der Waals surface area contributed by atoms with E-state index in [1.807, 2.05) is 29.2 Å². The number of morpholine rings is 1. The zero-order valence-corrected chi connectivity index (χ0v) is 22.5. The van der Waals surface area contributed by atoms with Gasteiger partial charge in [-0.05, 0) is 36.3 Å². The Morgan fingerprint density at radius 3 is 2.59 bits per heavy atom. The second kappa shape index (κ2) is 10.1. The second-order valence-corrected chi connectivity index (χ2v) is 11.7. The van der Waals surface area contributed by atoms with Crippen molar-refractivity contribution in [2.24, 2.45) is 11.8 Å². The van der Waals surface area contributed by atoms with Crippen LogP contribution in [-0.4, -0.2) is 88.8 Å². The van der Waals surface area contributed by atoms with Gasteiger partial charge in [-0.1, -0.05) is 45.9 Å². The molecule has 2 saturated heterocycles. The van der Waals surface area contributed by atoms with Crippen molar-refractivity contribution < 1.29 is 19.4 Å². The largest absolute Gasteiger partial charge is 0.478 e. The molecule has 0 spiro atoms. The topological polar surface area (TPSA) is 89.1 Å². The highest BCUT2D eigenvalue weighted by molar-refractivity contribution is 6.17. The molecular formula is C29H40N4O4. The van der Waals surface area contributed by atoms with Crippen LogP contribution < -0.4 is 0 Å². The van der Waals surface area contributed by atoms with E-state index in [4.69, 9.17) is 4.74 Å². The molecule has 2 fully saturated rings. The van der Waals surface area contributed by atoms with E-state index in [-0.39, 0.29) is 23.6 Å². The molecule has 4 heterocycles. The van der Waals surface area contributed by atoms with E-state index < -0.39 is 11.4 Å². The Labute approximate surface area is 219 Å². The number of para-hydroxylation sites is 1. The fraction of sp³-hybridized carbons (Fsp3) is 0.586. The Bertz CT molecular complexity index is 1190. The molecular weight excluding hydrogens is 468 g/mol. The fourth-order valence-corrected chi connectivity index (χ4v) is 6.98. The second-order valence-electron chi connectivity index (χ2n) is 11.7. The van der Waals surface area contributed by atoms with E-state index in [2.05, 4.69) is 37.6 Å². The maximum absolute atomic E-state index is 14.2. The highest BCUT2D eigenvalue weighted by Gasteiger charge is 2.46. The van der Waals surface area contributed by atoms with Crippen LogP contribution in [0.1, 0.15) is 51.8 Å². The number of likely N-dealkylation sites (tertiary alicyclic amines) is 1. The number of hydrogen-bond acceptors (Lipinski definition) is 4. The van der Waals surface area contributed by atoms with E-state index in [0.29, 0.717) is 24.7 Å². The predicted molar refractivity (Wildman–Crippen MR) is 144 cm³/mol. The summed E-state index contributed by atoms with van der Waals surface area (Å²) < 4.78 is 5.50. The summed E-state index contributed by atoms with van der Waals surface area (Å²) in [4.78, 5) is 36.3. The highest BCUT2D eigenvalue weighted by atomic mass is 16.5. The summed E-state index contributed by atoms with van der Waals surface area (Å²) in [7, 11) is 0. The Balaban J connectivity index is 1.51. The van der Waals surface area contributed by atoms with Crippen LogP contribution in [0.2, 0.25) is 0 Å². The molecule has 1 aromatic carbocycles. The van der Waals surface area contributed by atoms with Crippen LogP contribution in [0.5, 0.6) is 0 Å². The van der Waals surface area contributed by atoms with Gasteiger partial charge >= 0.3 is 12.0 Å². The van der Waals surface area contributed by atoms with Crippen molar-refractivity contribution in [3.63, 3.8) is 0 Å². The fourth-order valence-electron chi connectivity index (χ4n) is 6.98. The first-order valence-corrected chi connectivity index (χ1v) is 13.6. The van der Waals surface area contributed by atoms with Crippen LogP contribution in [0.25, 0.3) is 16.5 Å². The molecule has 2 unspecified atom stereocenters. The first-order chi connectivity index (χ1) is 17.7. The summed E-state index contributed by atoms with van der Waals surface area (Å²) >= 11 is 0. The average Bonchev–Trinajstić information content (AvgIpc) is 3.21. The van der Waals surface area contributed by atoms with Crippen LogP contribution in [-0.2, 0) is 14.9 Å².